The van der Waals surface area contributed by atoms with Crippen LogP contribution in [0.4, 0.5) is 0 Å². The number of hydrogen-bond donors (Lipinski definition) is 1. The summed E-state index contributed by atoms with van der Waals surface area (Å²) in [5.41, 5.74) is 5.88. The second-order valence-corrected chi connectivity index (χ2v) is 6.43. The lowest BCUT2D eigenvalue weighted by Crippen LogP contribution is -2.39. The van der Waals surface area contributed by atoms with Crippen LogP contribution in [-0.2, 0) is 6.54 Å². The zero-order valence-electron chi connectivity index (χ0n) is 11.6. The van der Waals surface area contributed by atoms with E-state index < -0.39 is 0 Å². The quantitative estimate of drug-likeness (QED) is 0.869. The normalized spacial score (nSPS) is 22.2. The largest absolute Gasteiger partial charge is 0.310 e. The molecule has 1 aromatic carbocycles. The van der Waals surface area contributed by atoms with Crippen LogP contribution >= 0.6 is 11.3 Å². The number of nitrogens with one attached hydrogen (secondary N) is 1. The van der Waals surface area contributed by atoms with Crippen LogP contribution in [-0.4, -0.2) is 6.04 Å². The Morgan fingerprint density at radius 2 is 1.89 bits per heavy atom. The van der Waals surface area contributed by atoms with E-state index >= 15 is 0 Å². The summed E-state index contributed by atoms with van der Waals surface area (Å²) in [4.78, 5) is 0. The Bertz CT molecular complexity index is 552. The Balaban J connectivity index is 1.51. The Labute approximate surface area is 119 Å². The molecule has 1 N–H and O–H groups in total. The van der Waals surface area contributed by atoms with E-state index in [4.69, 9.17) is 0 Å². The van der Waals surface area contributed by atoms with Gasteiger partial charge in [0.25, 0.3) is 0 Å². The van der Waals surface area contributed by atoms with Crippen LogP contribution in [0.1, 0.15) is 41.0 Å². The Hall–Kier alpha value is -1.12. The van der Waals surface area contributed by atoms with Crippen molar-refractivity contribution in [3.63, 3.8) is 0 Å². The van der Waals surface area contributed by atoms with Crippen LogP contribution in [0, 0.1) is 13.8 Å². The summed E-state index contributed by atoms with van der Waals surface area (Å²) in [5.74, 6) is 0.766. The van der Waals surface area contributed by atoms with Gasteiger partial charge >= 0.3 is 0 Å². The minimum Gasteiger partial charge on any atom is -0.310 e. The molecule has 1 saturated carbocycles. The molecule has 0 unspecified atom stereocenters. The molecule has 1 aliphatic carbocycles. The Morgan fingerprint density at radius 1 is 1.11 bits per heavy atom. The van der Waals surface area contributed by atoms with Crippen molar-refractivity contribution in [3.8, 4) is 0 Å². The summed E-state index contributed by atoms with van der Waals surface area (Å²) in [7, 11) is 0. The van der Waals surface area contributed by atoms with Gasteiger partial charge in [0, 0.05) is 12.6 Å². The first kappa shape index (κ1) is 12.9. The molecule has 2 heteroatoms. The van der Waals surface area contributed by atoms with E-state index in [2.05, 4.69) is 54.2 Å². The molecule has 1 aliphatic rings. The molecule has 0 amide bonds. The number of benzene rings is 1. The van der Waals surface area contributed by atoms with Crippen molar-refractivity contribution < 1.29 is 0 Å². The maximum Gasteiger partial charge on any atom is 0.0218 e. The molecular weight excluding hydrogens is 250 g/mol. The van der Waals surface area contributed by atoms with E-state index in [1.54, 1.807) is 16.9 Å². The summed E-state index contributed by atoms with van der Waals surface area (Å²) < 4.78 is 0. The van der Waals surface area contributed by atoms with E-state index in [0.717, 1.165) is 12.5 Å². The van der Waals surface area contributed by atoms with Crippen LogP contribution in [0.5, 0.6) is 0 Å². The first-order valence-electron chi connectivity index (χ1n) is 7.04. The third-order valence-corrected chi connectivity index (χ3v) is 5.22. The van der Waals surface area contributed by atoms with Crippen LogP contribution in [0.3, 0.4) is 0 Å². The van der Waals surface area contributed by atoms with E-state index in [-0.39, 0.29) is 0 Å². The van der Waals surface area contributed by atoms with Gasteiger partial charge in [0.1, 0.15) is 0 Å². The molecular formula is C17H21NS. The summed E-state index contributed by atoms with van der Waals surface area (Å²) in [6.07, 6.45) is 2.57. The molecule has 0 spiro atoms. The van der Waals surface area contributed by atoms with Crippen molar-refractivity contribution in [2.75, 3.05) is 0 Å². The number of hydrogen-bond acceptors (Lipinski definition) is 2. The fourth-order valence-electron chi connectivity index (χ4n) is 2.91. The zero-order valence-corrected chi connectivity index (χ0v) is 12.5. The van der Waals surface area contributed by atoms with Gasteiger partial charge in [-0.2, -0.15) is 11.3 Å². The van der Waals surface area contributed by atoms with Crippen LogP contribution < -0.4 is 5.32 Å². The van der Waals surface area contributed by atoms with Gasteiger partial charge in [-0.25, -0.2) is 0 Å². The van der Waals surface area contributed by atoms with Gasteiger partial charge in [0.05, 0.1) is 0 Å². The van der Waals surface area contributed by atoms with Crippen molar-refractivity contribution in [1.29, 1.82) is 0 Å². The molecule has 2 aromatic rings. The minimum atomic E-state index is 0.698. The summed E-state index contributed by atoms with van der Waals surface area (Å²) in [6, 6.07) is 9.51. The van der Waals surface area contributed by atoms with Crippen molar-refractivity contribution in [1.82, 2.24) is 5.32 Å². The van der Waals surface area contributed by atoms with Gasteiger partial charge < -0.3 is 5.32 Å². The van der Waals surface area contributed by atoms with E-state index in [1.807, 2.05) is 0 Å². The summed E-state index contributed by atoms with van der Waals surface area (Å²) >= 11 is 1.80. The van der Waals surface area contributed by atoms with Gasteiger partial charge in [-0.3, -0.25) is 0 Å². The SMILES string of the molecule is Cc1cscc1CNC1CC(c2ccccc2C)C1. The zero-order chi connectivity index (χ0) is 13.2. The molecule has 1 nitrogen and oxygen atoms in total. The first-order chi connectivity index (χ1) is 9.24. The van der Waals surface area contributed by atoms with Crippen LogP contribution in [0.2, 0.25) is 0 Å². The Kier molecular flexibility index (Phi) is 3.72. The molecule has 0 radical (unpaired) electrons. The number of rotatable bonds is 4. The van der Waals surface area contributed by atoms with E-state index in [9.17, 15) is 0 Å². The van der Waals surface area contributed by atoms with Gasteiger partial charge in [-0.05, 0) is 65.6 Å². The second-order valence-electron chi connectivity index (χ2n) is 5.68. The smallest absolute Gasteiger partial charge is 0.0218 e. The van der Waals surface area contributed by atoms with Crippen LogP contribution in [0.15, 0.2) is 35.0 Å². The average Bonchev–Trinajstić information content (AvgIpc) is 2.75. The lowest BCUT2D eigenvalue weighted by Gasteiger charge is -2.37. The summed E-state index contributed by atoms with van der Waals surface area (Å²) in [6.45, 7) is 5.45. The van der Waals surface area contributed by atoms with E-state index in [0.29, 0.717) is 6.04 Å². The molecule has 0 aliphatic heterocycles. The maximum atomic E-state index is 3.69. The molecule has 19 heavy (non-hydrogen) atoms. The van der Waals surface area contributed by atoms with Crippen molar-refractivity contribution in [2.45, 2.75) is 45.2 Å². The number of aryl methyl sites for hydroxylation is 2. The summed E-state index contributed by atoms with van der Waals surface area (Å²) in [5, 5.41) is 8.18. The molecule has 3 rings (SSSR count). The minimum absolute atomic E-state index is 0.698. The fourth-order valence-corrected chi connectivity index (χ4v) is 3.76. The Morgan fingerprint density at radius 3 is 2.58 bits per heavy atom. The van der Waals surface area contributed by atoms with Crippen molar-refractivity contribution in [2.24, 2.45) is 0 Å². The second kappa shape index (κ2) is 5.48. The molecule has 0 atom stereocenters. The first-order valence-corrected chi connectivity index (χ1v) is 7.99. The van der Waals surface area contributed by atoms with E-state index in [1.165, 1.54) is 29.5 Å². The van der Waals surface area contributed by atoms with Gasteiger partial charge in [0.2, 0.25) is 0 Å². The third-order valence-electron chi connectivity index (χ3n) is 4.31. The van der Waals surface area contributed by atoms with Gasteiger partial charge in [0.15, 0.2) is 0 Å². The van der Waals surface area contributed by atoms with Crippen molar-refractivity contribution >= 4 is 11.3 Å². The lowest BCUT2D eigenvalue weighted by molar-refractivity contribution is 0.289. The standard InChI is InChI=1S/C17H21NS/c1-12-5-3-4-6-17(12)14-7-16(8-14)18-9-15-11-19-10-13(15)2/h3-6,10-11,14,16,18H,7-9H2,1-2H3. The highest BCUT2D eigenvalue weighted by molar-refractivity contribution is 7.08. The predicted octanol–water partition coefficient (Wildman–Crippen LogP) is 4.40. The monoisotopic (exact) mass is 271 g/mol. The lowest BCUT2D eigenvalue weighted by atomic mass is 9.74. The molecule has 100 valence electrons. The average molecular weight is 271 g/mol. The fraction of sp³-hybridized carbons (Fsp3) is 0.412. The third kappa shape index (κ3) is 2.75. The highest BCUT2D eigenvalue weighted by Crippen LogP contribution is 2.38. The topological polar surface area (TPSA) is 12.0 Å². The highest BCUT2D eigenvalue weighted by Gasteiger charge is 2.30. The van der Waals surface area contributed by atoms with Crippen LogP contribution in [0.25, 0.3) is 0 Å². The molecule has 0 saturated heterocycles. The molecule has 1 fully saturated rings. The van der Waals surface area contributed by atoms with Crippen molar-refractivity contribution in [3.05, 3.63) is 57.3 Å². The molecule has 1 heterocycles. The predicted molar refractivity (Wildman–Crippen MR) is 82.8 cm³/mol. The van der Waals surface area contributed by atoms with Gasteiger partial charge in [-0.1, -0.05) is 24.3 Å². The maximum absolute atomic E-state index is 3.69. The molecule has 0 bridgehead atoms. The molecule has 1 aromatic heterocycles. The highest BCUT2D eigenvalue weighted by atomic mass is 32.1. The number of thiophene rings is 1. The van der Waals surface area contributed by atoms with Gasteiger partial charge in [-0.15, -0.1) is 0 Å².